The van der Waals surface area contributed by atoms with Crippen LogP contribution >= 0.6 is 0 Å². The van der Waals surface area contributed by atoms with Crippen LogP contribution in [0.5, 0.6) is 0 Å². The number of esters is 1. The molecule has 1 aliphatic heterocycles. The van der Waals surface area contributed by atoms with Gasteiger partial charge in [-0.2, -0.15) is 0 Å². The number of carbonyl (C=O) groups is 1. The number of nitrogens with zero attached hydrogens (tertiary/aromatic N) is 1. The van der Waals surface area contributed by atoms with Crippen LogP contribution in [0.1, 0.15) is 18.2 Å². The molecule has 2 aromatic rings. The van der Waals surface area contributed by atoms with E-state index in [9.17, 15) is 9.18 Å². The van der Waals surface area contributed by atoms with Crippen LogP contribution in [0.15, 0.2) is 18.2 Å². The molecule has 1 aliphatic rings. The third kappa shape index (κ3) is 2.18. The zero-order valence-corrected chi connectivity index (χ0v) is 11.4. The zero-order valence-electron chi connectivity index (χ0n) is 11.4. The lowest BCUT2D eigenvalue weighted by atomic mass is 10.1. The Bertz CT molecular complexity index is 663. The fraction of sp³-hybridized carbons (Fsp3) is 0.400. The third-order valence-corrected chi connectivity index (χ3v) is 3.68. The minimum absolute atomic E-state index is 0.142. The number of aromatic nitrogens is 1. The first-order chi connectivity index (χ1) is 9.70. The quantitative estimate of drug-likeness (QED) is 0.872. The Morgan fingerprint density at radius 3 is 3.15 bits per heavy atom. The normalized spacial score (nSPS) is 14.3. The summed E-state index contributed by atoms with van der Waals surface area (Å²) in [5.41, 5.74) is 3.04. The Balaban J connectivity index is 2.12. The number of halogens is 1. The zero-order chi connectivity index (χ0) is 14.1. The van der Waals surface area contributed by atoms with Gasteiger partial charge in [-0.1, -0.05) is 0 Å². The van der Waals surface area contributed by atoms with Crippen molar-refractivity contribution in [1.82, 2.24) is 9.88 Å². The smallest absolute Gasteiger partial charge is 0.325 e. The van der Waals surface area contributed by atoms with Crippen LogP contribution in [0.3, 0.4) is 0 Å². The van der Waals surface area contributed by atoms with E-state index in [0.29, 0.717) is 6.61 Å². The Hall–Kier alpha value is -1.88. The summed E-state index contributed by atoms with van der Waals surface area (Å²) in [5, 5.41) is 4.33. The molecule has 0 spiro atoms. The number of fused-ring (bicyclic) bond motifs is 3. The van der Waals surface area contributed by atoms with Gasteiger partial charge in [0.15, 0.2) is 0 Å². The largest absolute Gasteiger partial charge is 0.465 e. The molecule has 106 valence electrons. The number of rotatable bonds is 3. The molecule has 0 unspecified atom stereocenters. The van der Waals surface area contributed by atoms with Crippen molar-refractivity contribution >= 4 is 16.9 Å². The van der Waals surface area contributed by atoms with E-state index in [0.717, 1.165) is 41.7 Å². The number of carbonyl (C=O) groups excluding carboxylic acids is 1. The van der Waals surface area contributed by atoms with E-state index in [1.54, 1.807) is 13.0 Å². The molecule has 0 amide bonds. The number of hydrogen-bond donors (Lipinski definition) is 1. The molecule has 0 saturated heterocycles. The fourth-order valence-corrected chi connectivity index (χ4v) is 2.87. The number of hydrogen-bond acceptors (Lipinski definition) is 3. The maximum Gasteiger partial charge on any atom is 0.325 e. The summed E-state index contributed by atoms with van der Waals surface area (Å²) < 4.78 is 20.4. The van der Waals surface area contributed by atoms with Gasteiger partial charge >= 0.3 is 5.97 Å². The second-order valence-corrected chi connectivity index (χ2v) is 4.90. The predicted octanol–water partition coefficient (Wildman–Crippen LogP) is 1.99. The van der Waals surface area contributed by atoms with Gasteiger partial charge in [-0.25, -0.2) is 4.39 Å². The van der Waals surface area contributed by atoms with Gasteiger partial charge in [0, 0.05) is 30.6 Å². The van der Waals surface area contributed by atoms with Crippen molar-refractivity contribution in [2.45, 2.75) is 26.4 Å². The van der Waals surface area contributed by atoms with E-state index in [1.807, 2.05) is 4.57 Å². The van der Waals surface area contributed by atoms with Crippen LogP contribution in [-0.2, 0) is 29.0 Å². The Morgan fingerprint density at radius 1 is 1.50 bits per heavy atom. The molecule has 0 radical (unpaired) electrons. The van der Waals surface area contributed by atoms with Crippen molar-refractivity contribution in [3.63, 3.8) is 0 Å². The first-order valence-corrected chi connectivity index (χ1v) is 6.86. The average molecular weight is 276 g/mol. The van der Waals surface area contributed by atoms with E-state index in [2.05, 4.69) is 5.32 Å². The van der Waals surface area contributed by atoms with E-state index in [4.69, 9.17) is 4.74 Å². The van der Waals surface area contributed by atoms with Gasteiger partial charge in [0.1, 0.15) is 12.4 Å². The molecule has 0 aliphatic carbocycles. The maximum absolute atomic E-state index is 13.5. The predicted molar refractivity (Wildman–Crippen MR) is 73.9 cm³/mol. The lowest BCUT2D eigenvalue weighted by Crippen LogP contribution is -2.25. The van der Waals surface area contributed by atoms with E-state index in [-0.39, 0.29) is 18.3 Å². The first-order valence-electron chi connectivity index (χ1n) is 6.86. The van der Waals surface area contributed by atoms with Crippen molar-refractivity contribution in [3.05, 3.63) is 35.3 Å². The van der Waals surface area contributed by atoms with E-state index >= 15 is 0 Å². The highest BCUT2D eigenvalue weighted by molar-refractivity contribution is 5.87. The average Bonchev–Trinajstić information content (AvgIpc) is 2.73. The van der Waals surface area contributed by atoms with Gasteiger partial charge in [0.25, 0.3) is 0 Å². The summed E-state index contributed by atoms with van der Waals surface area (Å²) in [6.45, 7) is 3.91. The van der Waals surface area contributed by atoms with Crippen LogP contribution in [0.4, 0.5) is 4.39 Å². The van der Waals surface area contributed by atoms with Gasteiger partial charge in [0.05, 0.1) is 12.1 Å². The maximum atomic E-state index is 13.5. The summed E-state index contributed by atoms with van der Waals surface area (Å²) >= 11 is 0. The van der Waals surface area contributed by atoms with Crippen LogP contribution in [0.25, 0.3) is 10.9 Å². The summed E-state index contributed by atoms with van der Waals surface area (Å²) in [5.74, 6) is -0.569. The molecule has 4 nitrogen and oxygen atoms in total. The minimum atomic E-state index is -0.287. The molecule has 1 N–H and O–H groups in total. The van der Waals surface area contributed by atoms with Crippen LogP contribution in [0.2, 0.25) is 0 Å². The lowest BCUT2D eigenvalue weighted by Gasteiger charge is -2.16. The lowest BCUT2D eigenvalue weighted by molar-refractivity contribution is -0.143. The summed E-state index contributed by atoms with van der Waals surface area (Å²) in [4.78, 5) is 11.8. The van der Waals surface area contributed by atoms with Gasteiger partial charge < -0.3 is 14.6 Å². The second kappa shape index (κ2) is 5.25. The van der Waals surface area contributed by atoms with Crippen molar-refractivity contribution in [2.24, 2.45) is 0 Å². The highest BCUT2D eigenvalue weighted by atomic mass is 19.1. The summed E-state index contributed by atoms with van der Waals surface area (Å²) in [7, 11) is 0. The van der Waals surface area contributed by atoms with E-state index in [1.165, 1.54) is 12.1 Å². The second-order valence-electron chi connectivity index (χ2n) is 4.90. The van der Waals surface area contributed by atoms with Crippen molar-refractivity contribution in [3.8, 4) is 0 Å². The van der Waals surface area contributed by atoms with Crippen molar-refractivity contribution in [1.29, 1.82) is 0 Å². The van der Waals surface area contributed by atoms with Crippen LogP contribution in [-0.4, -0.2) is 23.7 Å². The summed E-state index contributed by atoms with van der Waals surface area (Å²) in [6.07, 6.45) is 0.838. The van der Waals surface area contributed by atoms with Crippen LogP contribution in [0, 0.1) is 5.82 Å². The Morgan fingerprint density at radius 2 is 2.35 bits per heavy atom. The Kier molecular flexibility index (Phi) is 3.44. The number of ether oxygens (including phenoxy) is 1. The van der Waals surface area contributed by atoms with Gasteiger partial charge in [-0.3, -0.25) is 4.79 Å². The van der Waals surface area contributed by atoms with Crippen molar-refractivity contribution < 1.29 is 13.9 Å². The van der Waals surface area contributed by atoms with Crippen molar-refractivity contribution in [2.75, 3.05) is 13.2 Å². The SMILES string of the molecule is CCOC(=O)Cn1c2c(c3ccc(F)cc31)CNCC2. The highest BCUT2D eigenvalue weighted by Gasteiger charge is 2.21. The third-order valence-electron chi connectivity index (χ3n) is 3.68. The molecular formula is C15H17FN2O2. The number of nitrogens with one attached hydrogen (secondary N) is 1. The minimum Gasteiger partial charge on any atom is -0.465 e. The molecule has 0 saturated carbocycles. The molecule has 2 heterocycles. The molecular weight excluding hydrogens is 259 g/mol. The van der Waals surface area contributed by atoms with Gasteiger partial charge in [-0.05, 0) is 30.7 Å². The molecule has 0 bridgehead atoms. The molecule has 20 heavy (non-hydrogen) atoms. The van der Waals surface area contributed by atoms with Crippen LogP contribution < -0.4 is 5.32 Å². The first kappa shape index (κ1) is 13.1. The molecule has 0 atom stereocenters. The molecule has 1 aromatic heterocycles. The number of benzene rings is 1. The molecule has 1 aromatic carbocycles. The monoisotopic (exact) mass is 276 g/mol. The topological polar surface area (TPSA) is 43.3 Å². The highest BCUT2D eigenvalue weighted by Crippen LogP contribution is 2.29. The van der Waals surface area contributed by atoms with Gasteiger partial charge in [0.2, 0.25) is 0 Å². The summed E-state index contributed by atoms with van der Waals surface area (Å²) in [6, 6.07) is 4.75. The fourth-order valence-electron chi connectivity index (χ4n) is 2.87. The van der Waals surface area contributed by atoms with Gasteiger partial charge in [-0.15, -0.1) is 0 Å². The molecule has 3 rings (SSSR count). The Labute approximate surface area is 116 Å². The molecule has 5 heteroatoms. The van der Waals surface area contributed by atoms with E-state index < -0.39 is 0 Å². The molecule has 0 fully saturated rings. The standard InChI is InChI=1S/C15H17FN2O2/c1-2-20-15(19)9-18-13-5-6-17-8-12(13)11-4-3-10(16)7-14(11)18/h3-4,7,17H,2,5-6,8-9H2,1H3.